The summed E-state index contributed by atoms with van der Waals surface area (Å²) >= 11 is 0. The number of anilines is 1. The third-order valence-corrected chi connectivity index (χ3v) is 4.60. The van der Waals surface area contributed by atoms with Gasteiger partial charge in [0.25, 0.3) is 0 Å². The first kappa shape index (κ1) is 13.1. The van der Waals surface area contributed by atoms with Gasteiger partial charge >= 0.3 is 0 Å². The van der Waals surface area contributed by atoms with Gasteiger partial charge in [0.1, 0.15) is 6.33 Å². The Hall–Kier alpha value is -1.85. The lowest BCUT2D eigenvalue weighted by molar-refractivity contribution is 0.214. The van der Waals surface area contributed by atoms with Gasteiger partial charge in [-0.2, -0.15) is 4.98 Å². The predicted molar refractivity (Wildman–Crippen MR) is 77.5 cm³/mol. The molecule has 0 aliphatic heterocycles. The largest absolute Gasteiger partial charge is 0.479 e. The summed E-state index contributed by atoms with van der Waals surface area (Å²) in [4.78, 5) is 12.8. The smallest absolute Gasteiger partial charge is 0.245 e. The summed E-state index contributed by atoms with van der Waals surface area (Å²) in [7, 11) is 1.58. The van der Waals surface area contributed by atoms with Crippen LogP contribution in [0.1, 0.15) is 39.2 Å². The van der Waals surface area contributed by atoms with Gasteiger partial charge in [-0.05, 0) is 31.1 Å². The number of nitrogen functional groups attached to an aromatic ring is 1. The van der Waals surface area contributed by atoms with Crippen molar-refractivity contribution >= 4 is 17.1 Å². The van der Waals surface area contributed by atoms with Gasteiger partial charge in [0.15, 0.2) is 11.2 Å². The Morgan fingerprint density at radius 2 is 2.05 bits per heavy atom. The SMILES string of the molecule is COc1ncnc2c1nc(N)n2C1CCC(C)C(C)C1. The fourth-order valence-corrected chi connectivity index (χ4v) is 3.17. The Bertz CT molecular complexity index is 623. The second kappa shape index (κ2) is 4.92. The van der Waals surface area contributed by atoms with Crippen LogP contribution in [0.5, 0.6) is 5.88 Å². The molecule has 108 valence electrons. The number of nitrogens with zero attached hydrogens (tertiary/aromatic N) is 4. The van der Waals surface area contributed by atoms with Crippen molar-refractivity contribution in [2.75, 3.05) is 12.8 Å². The summed E-state index contributed by atoms with van der Waals surface area (Å²) in [5, 5.41) is 0. The van der Waals surface area contributed by atoms with Crippen LogP contribution >= 0.6 is 0 Å². The number of aromatic nitrogens is 4. The van der Waals surface area contributed by atoms with E-state index in [1.165, 1.54) is 12.7 Å². The van der Waals surface area contributed by atoms with Crippen LogP contribution in [0.2, 0.25) is 0 Å². The zero-order valence-corrected chi connectivity index (χ0v) is 12.2. The van der Waals surface area contributed by atoms with Crippen LogP contribution < -0.4 is 10.5 Å². The van der Waals surface area contributed by atoms with Crippen molar-refractivity contribution in [3.05, 3.63) is 6.33 Å². The minimum atomic E-state index is 0.366. The summed E-state index contributed by atoms with van der Waals surface area (Å²) in [6.45, 7) is 4.63. The van der Waals surface area contributed by atoms with Crippen molar-refractivity contribution in [1.82, 2.24) is 19.5 Å². The molecule has 6 heteroatoms. The van der Waals surface area contributed by atoms with E-state index in [0.717, 1.165) is 24.4 Å². The molecule has 3 unspecified atom stereocenters. The monoisotopic (exact) mass is 275 g/mol. The molecule has 0 saturated heterocycles. The Morgan fingerprint density at radius 3 is 2.75 bits per heavy atom. The van der Waals surface area contributed by atoms with Gasteiger partial charge in [-0.1, -0.05) is 13.8 Å². The second-order valence-corrected chi connectivity index (χ2v) is 5.82. The van der Waals surface area contributed by atoms with Crippen molar-refractivity contribution in [3.8, 4) is 5.88 Å². The summed E-state index contributed by atoms with van der Waals surface area (Å²) in [6.07, 6.45) is 4.96. The molecule has 2 N–H and O–H groups in total. The van der Waals surface area contributed by atoms with E-state index in [1.54, 1.807) is 7.11 Å². The number of hydrogen-bond acceptors (Lipinski definition) is 5. The van der Waals surface area contributed by atoms with Crippen molar-refractivity contribution in [2.45, 2.75) is 39.2 Å². The van der Waals surface area contributed by atoms with Crippen LogP contribution in [-0.2, 0) is 0 Å². The quantitative estimate of drug-likeness (QED) is 0.910. The fourth-order valence-electron chi connectivity index (χ4n) is 3.17. The van der Waals surface area contributed by atoms with Crippen LogP contribution in [-0.4, -0.2) is 26.6 Å². The van der Waals surface area contributed by atoms with Crippen molar-refractivity contribution in [1.29, 1.82) is 0 Å². The van der Waals surface area contributed by atoms with Gasteiger partial charge in [0, 0.05) is 6.04 Å². The van der Waals surface area contributed by atoms with Crippen LogP contribution in [0.15, 0.2) is 6.33 Å². The summed E-state index contributed by atoms with van der Waals surface area (Å²) < 4.78 is 7.30. The van der Waals surface area contributed by atoms with Crippen LogP contribution in [0.4, 0.5) is 5.95 Å². The lowest BCUT2D eigenvalue weighted by Crippen LogP contribution is -2.24. The molecule has 3 rings (SSSR count). The Labute approximate surface area is 118 Å². The van der Waals surface area contributed by atoms with Gasteiger partial charge in [-0.25, -0.2) is 9.97 Å². The van der Waals surface area contributed by atoms with Crippen molar-refractivity contribution in [3.63, 3.8) is 0 Å². The third-order valence-electron chi connectivity index (χ3n) is 4.60. The molecule has 0 spiro atoms. The molecule has 2 aromatic rings. The lowest BCUT2D eigenvalue weighted by Gasteiger charge is -2.33. The van der Waals surface area contributed by atoms with Gasteiger partial charge in [-0.15, -0.1) is 0 Å². The van der Waals surface area contributed by atoms with Crippen LogP contribution in [0.25, 0.3) is 11.2 Å². The first-order valence-corrected chi connectivity index (χ1v) is 7.14. The maximum absolute atomic E-state index is 6.12. The number of methoxy groups -OCH3 is 1. The number of ether oxygens (including phenoxy) is 1. The molecule has 2 aromatic heterocycles. The topological polar surface area (TPSA) is 78.8 Å². The maximum atomic E-state index is 6.12. The zero-order valence-electron chi connectivity index (χ0n) is 12.2. The molecular weight excluding hydrogens is 254 g/mol. The molecule has 3 atom stereocenters. The molecule has 1 saturated carbocycles. The molecule has 0 radical (unpaired) electrons. The summed E-state index contributed by atoms with van der Waals surface area (Å²) in [5.41, 5.74) is 7.55. The van der Waals surface area contributed by atoms with Crippen LogP contribution in [0, 0.1) is 11.8 Å². The maximum Gasteiger partial charge on any atom is 0.245 e. The summed E-state index contributed by atoms with van der Waals surface area (Å²) in [6, 6.07) is 0.366. The molecule has 6 nitrogen and oxygen atoms in total. The average molecular weight is 275 g/mol. The summed E-state index contributed by atoms with van der Waals surface area (Å²) in [5.74, 6) is 2.45. The van der Waals surface area contributed by atoms with Crippen molar-refractivity contribution in [2.24, 2.45) is 11.8 Å². The van der Waals surface area contributed by atoms with Gasteiger partial charge in [0.05, 0.1) is 7.11 Å². The number of fused-ring (bicyclic) bond motifs is 1. The van der Waals surface area contributed by atoms with E-state index < -0.39 is 0 Å². The average Bonchev–Trinajstić information content (AvgIpc) is 2.78. The van der Waals surface area contributed by atoms with Gasteiger partial charge < -0.3 is 10.5 Å². The van der Waals surface area contributed by atoms with E-state index in [0.29, 0.717) is 29.3 Å². The van der Waals surface area contributed by atoms with Gasteiger partial charge in [0.2, 0.25) is 11.8 Å². The molecule has 0 aromatic carbocycles. The highest BCUT2D eigenvalue weighted by molar-refractivity contribution is 5.79. The highest BCUT2D eigenvalue weighted by Gasteiger charge is 2.29. The van der Waals surface area contributed by atoms with E-state index >= 15 is 0 Å². The van der Waals surface area contributed by atoms with E-state index in [4.69, 9.17) is 10.5 Å². The number of hydrogen-bond donors (Lipinski definition) is 1. The van der Waals surface area contributed by atoms with E-state index in [1.807, 2.05) is 0 Å². The fraction of sp³-hybridized carbons (Fsp3) is 0.643. The van der Waals surface area contributed by atoms with E-state index in [2.05, 4.69) is 33.4 Å². The second-order valence-electron chi connectivity index (χ2n) is 5.82. The number of nitrogens with two attached hydrogens (primary N) is 1. The third kappa shape index (κ3) is 1.99. The zero-order chi connectivity index (χ0) is 14.3. The van der Waals surface area contributed by atoms with Crippen LogP contribution in [0.3, 0.4) is 0 Å². The molecule has 1 fully saturated rings. The van der Waals surface area contributed by atoms with E-state index in [9.17, 15) is 0 Å². The Kier molecular flexibility index (Phi) is 3.23. The number of imidazole rings is 1. The Balaban J connectivity index is 2.05. The molecule has 0 amide bonds. The minimum Gasteiger partial charge on any atom is -0.479 e. The van der Waals surface area contributed by atoms with Gasteiger partial charge in [-0.3, -0.25) is 4.57 Å². The highest BCUT2D eigenvalue weighted by atomic mass is 16.5. The molecule has 1 aliphatic rings. The Morgan fingerprint density at radius 1 is 1.25 bits per heavy atom. The molecule has 1 aliphatic carbocycles. The standard InChI is InChI=1S/C14H21N5O/c1-8-4-5-10(6-9(8)2)19-12-11(18-14(19)15)13(20-3)17-7-16-12/h7-10H,4-6H2,1-3H3,(H2,15,18). The first-order valence-electron chi connectivity index (χ1n) is 7.14. The van der Waals surface area contributed by atoms with E-state index in [-0.39, 0.29) is 0 Å². The molecular formula is C14H21N5O. The molecule has 2 heterocycles. The first-order chi connectivity index (χ1) is 9.61. The lowest BCUT2D eigenvalue weighted by atomic mass is 9.79. The molecule has 20 heavy (non-hydrogen) atoms. The minimum absolute atomic E-state index is 0.366. The normalized spacial score (nSPS) is 26.9. The number of rotatable bonds is 2. The predicted octanol–water partition coefficient (Wildman–Crippen LogP) is 2.41. The highest BCUT2D eigenvalue weighted by Crippen LogP contribution is 2.39. The molecule has 0 bridgehead atoms. The van der Waals surface area contributed by atoms with Crippen molar-refractivity contribution < 1.29 is 4.74 Å².